The number of nitrogens with zero attached hydrogens (tertiary/aromatic N) is 2. The highest BCUT2D eigenvalue weighted by Crippen LogP contribution is 2.16. The van der Waals surface area contributed by atoms with Gasteiger partial charge in [0.05, 0.1) is 12.4 Å². The van der Waals surface area contributed by atoms with Gasteiger partial charge in [-0.25, -0.2) is 4.99 Å². The summed E-state index contributed by atoms with van der Waals surface area (Å²) < 4.78 is 0. The third-order valence-corrected chi connectivity index (χ3v) is 2.19. The molecule has 0 aromatic carbocycles. The van der Waals surface area contributed by atoms with Crippen LogP contribution in [-0.2, 0) is 0 Å². The van der Waals surface area contributed by atoms with E-state index in [4.69, 9.17) is 0 Å². The van der Waals surface area contributed by atoms with Crippen LogP contribution in [0.15, 0.2) is 17.3 Å². The smallest absolute Gasteiger partial charge is 0.0912 e. The van der Waals surface area contributed by atoms with E-state index in [1.54, 1.807) is 0 Å². The highest BCUT2D eigenvalue weighted by Gasteiger charge is 2.20. The number of hydrogen-bond donors (Lipinski definition) is 0. The van der Waals surface area contributed by atoms with E-state index >= 15 is 0 Å². The van der Waals surface area contributed by atoms with Crippen LogP contribution in [0.5, 0.6) is 0 Å². The van der Waals surface area contributed by atoms with Crippen molar-refractivity contribution in [2.24, 2.45) is 10.9 Å². The van der Waals surface area contributed by atoms with Gasteiger partial charge >= 0.3 is 0 Å². The average Bonchev–Trinajstić information content (AvgIpc) is 2.04. The highest BCUT2D eigenvalue weighted by molar-refractivity contribution is 5.58. The van der Waals surface area contributed by atoms with E-state index in [1.807, 2.05) is 12.5 Å². The summed E-state index contributed by atoms with van der Waals surface area (Å²) >= 11 is 0. The Kier molecular flexibility index (Phi) is 2.90. The summed E-state index contributed by atoms with van der Waals surface area (Å²) in [6.07, 6.45) is 6.00. The molecule has 68 valence electrons. The van der Waals surface area contributed by atoms with Crippen molar-refractivity contribution in [3.05, 3.63) is 12.3 Å². The lowest BCUT2D eigenvalue weighted by Gasteiger charge is -2.35. The van der Waals surface area contributed by atoms with Gasteiger partial charge in [-0.05, 0) is 25.8 Å². The van der Waals surface area contributed by atoms with Crippen molar-refractivity contribution in [1.82, 2.24) is 4.90 Å². The monoisotopic (exact) mass is 166 g/mol. The van der Waals surface area contributed by atoms with Crippen LogP contribution < -0.4 is 0 Å². The molecule has 1 atom stereocenters. The molecule has 1 rings (SSSR count). The molecular formula is C10H18N2. The van der Waals surface area contributed by atoms with E-state index in [9.17, 15) is 0 Å². The fourth-order valence-corrected chi connectivity index (χ4v) is 1.47. The molecule has 1 heterocycles. The molecule has 1 aliphatic rings. The maximum atomic E-state index is 4.13. The van der Waals surface area contributed by atoms with Crippen molar-refractivity contribution >= 4 is 6.34 Å². The Hall–Kier alpha value is -0.790. The van der Waals surface area contributed by atoms with Crippen molar-refractivity contribution in [2.75, 3.05) is 0 Å². The first kappa shape index (κ1) is 9.30. The fraction of sp³-hybridized carbons (Fsp3) is 0.700. The van der Waals surface area contributed by atoms with Crippen LogP contribution in [0.3, 0.4) is 0 Å². The molecule has 1 aliphatic heterocycles. The lowest BCUT2D eigenvalue weighted by Crippen LogP contribution is -2.42. The molecule has 0 amide bonds. The summed E-state index contributed by atoms with van der Waals surface area (Å²) in [7, 11) is 0. The van der Waals surface area contributed by atoms with Crippen molar-refractivity contribution < 1.29 is 0 Å². The van der Waals surface area contributed by atoms with E-state index in [2.05, 4.69) is 43.7 Å². The van der Waals surface area contributed by atoms with E-state index in [0.717, 1.165) is 0 Å². The van der Waals surface area contributed by atoms with Crippen LogP contribution in [0, 0.1) is 5.92 Å². The Morgan fingerprint density at radius 2 is 1.92 bits per heavy atom. The third-order valence-electron chi connectivity index (χ3n) is 2.19. The number of hydrogen-bond acceptors (Lipinski definition) is 2. The van der Waals surface area contributed by atoms with Gasteiger partial charge in [0, 0.05) is 12.2 Å². The second-order valence-corrected chi connectivity index (χ2v) is 3.88. The third kappa shape index (κ3) is 1.87. The summed E-state index contributed by atoms with van der Waals surface area (Å²) in [6.45, 7) is 8.87. The first-order chi connectivity index (χ1) is 5.63. The van der Waals surface area contributed by atoms with E-state index in [0.29, 0.717) is 18.0 Å². The van der Waals surface area contributed by atoms with Gasteiger partial charge in [0.25, 0.3) is 0 Å². The molecule has 0 aromatic heterocycles. The van der Waals surface area contributed by atoms with Crippen LogP contribution >= 0.6 is 0 Å². The van der Waals surface area contributed by atoms with E-state index < -0.39 is 0 Å². The van der Waals surface area contributed by atoms with Crippen LogP contribution in [0.4, 0.5) is 0 Å². The van der Waals surface area contributed by atoms with Gasteiger partial charge < -0.3 is 4.90 Å². The minimum Gasteiger partial charge on any atom is -0.353 e. The first-order valence-corrected chi connectivity index (χ1v) is 4.60. The maximum Gasteiger partial charge on any atom is 0.0912 e. The fourth-order valence-electron chi connectivity index (χ4n) is 1.47. The van der Waals surface area contributed by atoms with Gasteiger partial charge in [0.1, 0.15) is 0 Å². The summed E-state index contributed by atoms with van der Waals surface area (Å²) in [4.78, 5) is 6.43. The molecule has 1 unspecified atom stereocenters. The Balaban J connectivity index is 2.71. The number of aliphatic imine (C=N–C) groups is 1. The minimum atomic E-state index is 0.516. The predicted octanol–water partition coefficient (Wildman–Crippen LogP) is 2.28. The van der Waals surface area contributed by atoms with E-state index in [-0.39, 0.29) is 0 Å². The van der Waals surface area contributed by atoms with E-state index in [1.165, 1.54) is 0 Å². The minimum absolute atomic E-state index is 0.516. The molecule has 0 radical (unpaired) electrons. The standard InChI is InChI=1S/C10H18N2/c1-8(2)10-5-6-11-7-12(10)9(3)4/h5-10H,1-4H3. The van der Waals surface area contributed by atoms with Gasteiger partial charge in [0.2, 0.25) is 0 Å². The first-order valence-electron chi connectivity index (χ1n) is 4.60. The zero-order chi connectivity index (χ0) is 9.14. The highest BCUT2D eigenvalue weighted by atomic mass is 15.2. The zero-order valence-corrected chi connectivity index (χ0v) is 8.36. The van der Waals surface area contributed by atoms with Gasteiger partial charge in [-0.15, -0.1) is 0 Å². The van der Waals surface area contributed by atoms with Crippen molar-refractivity contribution in [3.8, 4) is 0 Å². The normalized spacial score (nSPS) is 22.8. The van der Waals surface area contributed by atoms with Crippen LogP contribution in [0.25, 0.3) is 0 Å². The molecule has 2 nitrogen and oxygen atoms in total. The van der Waals surface area contributed by atoms with Crippen LogP contribution in [0.2, 0.25) is 0 Å². The topological polar surface area (TPSA) is 15.6 Å². The molecule has 0 spiro atoms. The summed E-state index contributed by atoms with van der Waals surface area (Å²) in [5, 5.41) is 0. The quantitative estimate of drug-likeness (QED) is 0.614. The lowest BCUT2D eigenvalue weighted by atomic mass is 10.0. The molecular weight excluding hydrogens is 148 g/mol. The molecule has 0 saturated carbocycles. The maximum absolute atomic E-state index is 4.13. The Morgan fingerprint density at radius 3 is 2.33 bits per heavy atom. The Labute approximate surface area is 75.0 Å². The predicted molar refractivity (Wildman–Crippen MR) is 53.2 cm³/mol. The molecule has 0 bridgehead atoms. The molecule has 12 heavy (non-hydrogen) atoms. The molecule has 2 heteroatoms. The Bertz CT molecular complexity index is 170. The summed E-state index contributed by atoms with van der Waals surface area (Å²) in [5.74, 6) is 0.649. The summed E-state index contributed by atoms with van der Waals surface area (Å²) in [6, 6.07) is 1.05. The molecule has 0 aliphatic carbocycles. The average molecular weight is 166 g/mol. The van der Waals surface area contributed by atoms with Crippen LogP contribution in [-0.4, -0.2) is 23.3 Å². The molecule has 0 aromatic rings. The second-order valence-electron chi connectivity index (χ2n) is 3.88. The van der Waals surface area contributed by atoms with Gasteiger partial charge in [0.15, 0.2) is 0 Å². The molecule has 0 fully saturated rings. The van der Waals surface area contributed by atoms with Gasteiger partial charge in [-0.2, -0.15) is 0 Å². The molecule has 0 saturated heterocycles. The van der Waals surface area contributed by atoms with Crippen molar-refractivity contribution in [1.29, 1.82) is 0 Å². The largest absolute Gasteiger partial charge is 0.353 e. The van der Waals surface area contributed by atoms with Crippen LogP contribution in [0.1, 0.15) is 27.7 Å². The van der Waals surface area contributed by atoms with Gasteiger partial charge in [-0.3, -0.25) is 0 Å². The zero-order valence-electron chi connectivity index (χ0n) is 8.36. The molecule has 0 N–H and O–H groups in total. The summed E-state index contributed by atoms with van der Waals surface area (Å²) in [5.41, 5.74) is 0. The second kappa shape index (κ2) is 3.74. The SMILES string of the molecule is CC(C)C1C=CN=CN1C(C)C. The van der Waals surface area contributed by atoms with Crippen molar-refractivity contribution in [2.45, 2.75) is 39.8 Å². The van der Waals surface area contributed by atoms with Crippen molar-refractivity contribution in [3.63, 3.8) is 0 Å². The Morgan fingerprint density at radius 1 is 1.25 bits per heavy atom. The van der Waals surface area contributed by atoms with Gasteiger partial charge in [-0.1, -0.05) is 13.8 Å². The lowest BCUT2D eigenvalue weighted by molar-refractivity contribution is 0.254. The number of rotatable bonds is 2.